The molecule has 1 aromatic heterocycles. The zero-order chi connectivity index (χ0) is 22.9. The Morgan fingerprint density at radius 2 is 1.75 bits per heavy atom. The Hall–Kier alpha value is -3.30. The first-order chi connectivity index (χ1) is 15.3. The molecule has 0 aliphatic heterocycles. The smallest absolute Gasteiger partial charge is 0.243 e. The van der Waals surface area contributed by atoms with Crippen LogP contribution in [0.5, 0.6) is 0 Å². The molecule has 0 spiro atoms. The highest BCUT2D eigenvalue weighted by molar-refractivity contribution is 7.89. The van der Waals surface area contributed by atoms with Crippen LogP contribution in [0.3, 0.4) is 0 Å². The normalized spacial score (nSPS) is 13.2. The molecular formula is C23H24N4O4S. The molecule has 1 N–H and O–H groups in total. The molecule has 0 radical (unpaired) electrons. The SMILES string of the molecule is CC(=O)c1ccc(S(=O)(=O)N(C)CC(=O)Nc2c3c(nn2-c2ccccc2)CCC3)cc1. The van der Waals surface area contributed by atoms with Crippen molar-refractivity contribution < 1.29 is 18.0 Å². The minimum absolute atomic E-state index is 0.0213. The van der Waals surface area contributed by atoms with E-state index in [1.165, 1.54) is 38.2 Å². The Bertz CT molecular complexity index is 1270. The number of sulfonamides is 1. The summed E-state index contributed by atoms with van der Waals surface area (Å²) in [4.78, 5) is 24.3. The molecule has 9 heteroatoms. The van der Waals surface area contributed by atoms with E-state index in [9.17, 15) is 18.0 Å². The van der Waals surface area contributed by atoms with E-state index in [0.29, 0.717) is 11.4 Å². The fraction of sp³-hybridized carbons (Fsp3) is 0.261. The summed E-state index contributed by atoms with van der Waals surface area (Å²) in [6.07, 6.45) is 2.64. The molecule has 0 atom stereocenters. The zero-order valence-corrected chi connectivity index (χ0v) is 18.7. The van der Waals surface area contributed by atoms with Crippen molar-refractivity contribution >= 4 is 27.5 Å². The number of rotatable bonds is 7. The van der Waals surface area contributed by atoms with Crippen molar-refractivity contribution in [3.63, 3.8) is 0 Å². The number of nitrogens with zero attached hydrogens (tertiary/aromatic N) is 3. The van der Waals surface area contributed by atoms with Crippen LogP contribution in [-0.2, 0) is 27.7 Å². The third-order valence-corrected chi connectivity index (χ3v) is 7.32. The molecule has 32 heavy (non-hydrogen) atoms. The lowest BCUT2D eigenvalue weighted by atomic mass is 10.2. The zero-order valence-electron chi connectivity index (χ0n) is 17.9. The van der Waals surface area contributed by atoms with Gasteiger partial charge in [-0.15, -0.1) is 0 Å². The first kappa shape index (κ1) is 21.9. The summed E-state index contributed by atoms with van der Waals surface area (Å²) in [5, 5.41) is 7.53. The number of likely N-dealkylation sites (N-methyl/N-ethyl adjacent to an activating group) is 1. The molecule has 4 rings (SSSR count). The molecule has 1 amide bonds. The summed E-state index contributed by atoms with van der Waals surface area (Å²) in [5.41, 5.74) is 3.19. The monoisotopic (exact) mass is 452 g/mol. The molecule has 1 aliphatic rings. The number of carbonyl (C=O) groups is 2. The maximum Gasteiger partial charge on any atom is 0.243 e. The van der Waals surface area contributed by atoms with Crippen LogP contribution in [0.15, 0.2) is 59.5 Å². The lowest BCUT2D eigenvalue weighted by Gasteiger charge is -2.18. The van der Waals surface area contributed by atoms with Gasteiger partial charge in [-0.25, -0.2) is 13.1 Å². The maximum absolute atomic E-state index is 12.9. The number of anilines is 1. The van der Waals surface area contributed by atoms with Crippen LogP contribution in [0.2, 0.25) is 0 Å². The number of Topliss-reactive ketones (excluding diaryl/α,β-unsaturated/α-hetero) is 1. The van der Waals surface area contributed by atoms with Gasteiger partial charge in [-0.05, 0) is 50.5 Å². The van der Waals surface area contributed by atoms with Gasteiger partial charge < -0.3 is 5.32 Å². The summed E-state index contributed by atoms with van der Waals surface area (Å²) >= 11 is 0. The predicted octanol–water partition coefficient (Wildman–Crippen LogP) is 2.82. The van der Waals surface area contributed by atoms with Crippen molar-refractivity contribution in [2.75, 3.05) is 18.9 Å². The van der Waals surface area contributed by atoms with Gasteiger partial charge in [0.05, 0.1) is 22.8 Å². The van der Waals surface area contributed by atoms with Gasteiger partial charge in [0.15, 0.2) is 5.78 Å². The fourth-order valence-corrected chi connectivity index (χ4v) is 4.90. The number of amides is 1. The van der Waals surface area contributed by atoms with Crippen LogP contribution >= 0.6 is 0 Å². The van der Waals surface area contributed by atoms with Crippen LogP contribution in [-0.4, -0.2) is 47.8 Å². The minimum atomic E-state index is -3.89. The minimum Gasteiger partial charge on any atom is -0.309 e. The van der Waals surface area contributed by atoms with Crippen molar-refractivity contribution in [1.29, 1.82) is 0 Å². The van der Waals surface area contributed by atoms with E-state index in [1.54, 1.807) is 4.68 Å². The molecule has 0 unspecified atom stereocenters. The van der Waals surface area contributed by atoms with E-state index in [-0.39, 0.29) is 17.2 Å². The molecule has 0 fully saturated rings. The number of benzene rings is 2. The van der Waals surface area contributed by atoms with Crippen LogP contribution in [0, 0.1) is 0 Å². The number of hydrogen-bond acceptors (Lipinski definition) is 5. The van der Waals surface area contributed by atoms with Crippen LogP contribution in [0.1, 0.15) is 35.0 Å². The molecule has 1 aliphatic carbocycles. The highest BCUT2D eigenvalue weighted by atomic mass is 32.2. The lowest BCUT2D eigenvalue weighted by Crippen LogP contribution is -2.35. The second-order valence-corrected chi connectivity index (χ2v) is 9.81. The van der Waals surface area contributed by atoms with Gasteiger partial charge in [0.2, 0.25) is 15.9 Å². The Labute approximate surface area is 186 Å². The lowest BCUT2D eigenvalue weighted by molar-refractivity contribution is -0.116. The summed E-state index contributed by atoms with van der Waals surface area (Å²) < 4.78 is 28.4. The molecule has 166 valence electrons. The van der Waals surface area contributed by atoms with Crippen molar-refractivity contribution in [2.45, 2.75) is 31.1 Å². The first-order valence-electron chi connectivity index (χ1n) is 10.3. The second-order valence-electron chi connectivity index (χ2n) is 7.76. The number of nitrogens with one attached hydrogen (secondary N) is 1. The summed E-state index contributed by atoms with van der Waals surface area (Å²) in [6.45, 7) is 1.06. The van der Waals surface area contributed by atoms with Gasteiger partial charge in [0.1, 0.15) is 5.82 Å². The van der Waals surface area contributed by atoms with Crippen molar-refractivity contribution in [2.24, 2.45) is 0 Å². The Morgan fingerprint density at radius 3 is 2.41 bits per heavy atom. The molecule has 0 bridgehead atoms. The van der Waals surface area contributed by atoms with Crippen LogP contribution in [0.25, 0.3) is 5.69 Å². The Balaban J connectivity index is 1.53. The number of aryl methyl sites for hydroxylation is 1. The molecule has 0 saturated heterocycles. The highest BCUT2D eigenvalue weighted by Crippen LogP contribution is 2.31. The predicted molar refractivity (Wildman–Crippen MR) is 120 cm³/mol. The summed E-state index contributed by atoms with van der Waals surface area (Å²) in [5.74, 6) is -0.0160. The van der Waals surface area contributed by atoms with Crippen LogP contribution in [0.4, 0.5) is 5.82 Å². The number of para-hydroxylation sites is 1. The molecule has 0 saturated carbocycles. The van der Waals surface area contributed by atoms with Gasteiger partial charge in [-0.2, -0.15) is 9.40 Å². The van der Waals surface area contributed by atoms with Gasteiger partial charge in [0, 0.05) is 18.2 Å². The van der Waals surface area contributed by atoms with E-state index >= 15 is 0 Å². The fourth-order valence-electron chi connectivity index (χ4n) is 3.78. The van der Waals surface area contributed by atoms with Gasteiger partial charge in [-0.3, -0.25) is 9.59 Å². The molecule has 1 heterocycles. The van der Waals surface area contributed by atoms with Crippen molar-refractivity contribution in [3.8, 4) is 5.69 Å². The largest absolute Gasteiger partial charge is 0.309 e. The topological polar surface area (TPSA) is 101 Å². The highest BCUT2D eigenvalue weighted by Gasteiger charge is 2.27. The average Bonchev–Trinajstić information content (AvgIpc) is 3.37. The Morgan fingerprint density at radius 1 is 1.06 bits per heavy atom. The van der Waals surface area contributed by atoms with Crippen molar-refractivity contribution in [1.82, 2.24) is 14.1 Å². The average molecular weight is 453 g/mol. The number of carbonyl (C=O) groups excluding carboxylic acids is 2. The van der Waals surface area contributed by atoms with E-state index < -0.39 is 15.9 Å². The van der Waals surface area contributed by atoms with Gasteiger partial charge >= 0.3 is 0 Å². The van der Waals surface area contributed by atoms with Gasteiger partial charge in [-0.1, -0.05) is 30.3 Å². The number of ketones is 1. The number of fused-ring (bicyclic) bond motifs is 1. The first-order valence-corrected chi connectivity index (χ1v) is 11.7. The maximum atomic E-state index is 12.9. The summed E-state index contributed by atoms with van der Waals surface area (Å²) in [7, 11) is -2.54. The quantitative estimate of drug-likeness (QED) is 0.556. The third kappa shape index (κ3) is 4.21. The molecule has 3 aromatic rings. The van der Waals surface area contributed by atoms with Crippen molar-refractivity contribution in [3.05, 3.63) is 71.4 Å². The van der Waals surface area contributed by atoms with E-state index in [4.69, 9.17) is 0 Å². The molecule has 2 aromatic carbocycles. The third-order valence-electron chi connectivity index (χ3n) is 5.50. The number of hydrogen-bond donors (Lipinski definition) is 1. The summed E-state index contributed by atoms with van der Waals surface area (Å²) in [6, 6.07) is 15.2. The standard InChI is InChI=1S/C23H24N4O4S/c1-16(28)17-11-13-19(14-12-17)32(30,31)26(2)15-22(29)24-23-20-9-6-10-21(20)25-27(23)18-7-4-3-5-8-18/h3-5,7-8,11-14H,6,9-10,15H2,1-2H3,(H,24,29). The van der Waals surface area contributed by atoms with E-state index in [1.807, 2.05) is 30.3 Å². The second kappa shape index (κ2) is 8.68. The molecule has 8 nitrogen and oxygen atoms in total. The van der Waals surface area contributed by atoms with E-state index in [0.717, 1.165) is 40.5 Å². The van der Waals surface area contributed by atoms with Crippen LogP contribution < -0.4 is 5.32 Å². The van der Waals surface area contributed by atoms with Gasteiger partial charge in [0.25, 0.3) is 0 Å². The number of aromatic nitrogens is 2. The Kier molecular flexibility index (Phi) is 5.94. The van der Waals surface area contributed by atoms with E-state index in [2.05, 4.69) is 10.4 Å². The molecular weight excluding hydrogens is 428 g/mol.